The lowest BCUT2D eigenvalue weighted by molar-refractivity contribution is -0.255. The number of aliphatic hydroxyl groups is 5. The number of aliphatic carboxylic acids is 1. The number of ketones is 4. The van der Waals surface area contributed by atoms with Crippen molar-refractivity contribution >= 4 is 158 Å². The summed E-state index contributed by atoms with van der Waals surface area (Å²) in [6.45, 7) is 22.6. The number of aliphatic hydroxyl groups excluding tert-OH is 3. The maximum atomic E-state index is 17.3. The van der Waals surface area contributed by atoms with Crippen molar-refractivity contribution in [2.45, 2.75) is 215 Å². The molecule has 0 amide bonds. The van der Waals surface area contributed by atoms with E-state index in [4.69, 9.17) is 22.1 Å². The molecule has 8 unspecified atom stereocenters. The highest BCUT2D eigenvalue weighted by Crippen LogP contribution is 2.73. The number of rotatable bonds is 13. The molecule has 0 spiro atoms. The number of nitrogens with one attached hydrogen (secondary N) is 2. The van der Waals surface area contributed by atoms with E-state index < -0.39 is 123 Å². The first kappa shape index (κ1) is 83.5. The van der Waals surface area contributed by atoms with Crippen LogP contribution in [0.1, 0.15) is 180 Å². The zero-order valence-corrected chi connectivity index (χ0v) is 59.6. The van der Waals surface area contributed by atoms with E-state index >= 15 is 8.78 Å². The van der Waals surface area contributed by atoms with Crippen LogP contribution < -0.4 is 10.6 Å². The molecule has 502 valence electrons. The standard InChI is InChI=1S/C27H40FNO6S.C22H33FO5.C5H9NO2S.5C2H4S/c1-15(12-29-14-36)23(33)35-13-22(32)27(34)16(2)9-20-19-6-5-17-10-18(30)7-8-24(17,3)26(19,28)21(31)11-25(20,27)4;1-12-8-16-15-5-4-13-9-14(25)6-7-19(13,2)21(15,23)17(26)10-20(16,3)22(12,28)18(27)11-24;1-4(5(7)8)2-6-3-9;5*1-2-3/h14-17,19-21,31,34H,5-13H2,1-4H3,(H,29,36);12-13,15-17,24,26,28H,4-11H2,1-3H3;3-4H,2H2,1H3,(H,6,9)(H,7,8);5*2H,1H3/t15?,16-,17?,19?,20?,21-,24-,25-,26-,27-;12-,13?,15?,16?,17-,19-,20-,21-,22-;;;;;;/m00....../s1. The summed E-state index contributed by atoms with van der Waals surface area (Å²) in [5.74, 6) is -5.78. The molecule has 0 aliphatic heterocycles. The van der Waals surface area contributed by atoms with Crippen molar-refractivity contribution in [3.8, 4) is 0 Å². The highest BCUT2D eigenvalue weighted by atomic mass is 32.1. The van der Waals surface area contributed by atoms with Crippen LogP contribution >= 0.6 is 85.5 Å². The first-order chi connectivity index (χ1) is 41.0. The second kappa shape index (κ2) is 36.2. The summed E-state index contributed by atoms with van der Waals surface area (Å²) in [6, 6.07) is 0. The SMILES string of the molecule is CC(CNC=S)C(=O)O.CC(CNC=S)C(=O)OCC(=O)[C@@]1(O)[C@@H](C)CC2C3CCC4CC(=O)CC[C@]4(C)[C@@]3(F)[C@@H](O)C[C@@]21C.CC=S.CC=S.CC=S.CC=S.CC=S.C[C@H]1CC2C3CCC4CC(=O)CC[C@]4(C)[C@@]3(F)[C@@H](O)C[C@]2(C)[C@@]1(O)C(=O)CO. The normalized spacial score (nSPS) is 38.9. The zero-order valence-electron chi connectivity index (χ0n) is 53.9. The highest BCUT2D eigenvalue weighted by Gasteiger charge is 2.78. The first-order valence-electron chi connectivity index (χ1n) is 30.6. The second-order valence-corrected chi connectivity index (χ2v) is 28.7. The lowest BCUT2D eigenvalue weighted by Crippen LogP contribution is -2.71. The number of carbonyl (C=O) groups is 6. The molecule has 8 rings (SSSR count). The Bertz CT molecular complexity index is 2420. The van der Waals surface area contributed by atoms with Gasteiger partial charge < -0.3 is 46.0 Å². The smallest absolute Gasteiger partial charge is 0.310 e. The molecule has 8 aliphatic rings. The Morgan fingerprint density at radius 1 is 0.591 bits per heavy atom. The van der Waals surface area contributed by atoms with Crippen LogP contribution in [0.5, 0.6) is 0 Å². The van der Waals surface area contributed by atoms with Gasteiger partial charge in [0, 0.05) is 60.4 Å². The van der Waals surface area contributed by atoms with Crippen molar-refractivity contribution in [3.63, 3.8) is 0 Å². The third-order valence-corrected chi connectivity index (χ3v) is 21.8. The van der Waals surface area contributed by atoms with Gasteiger partial charge in [0.2, 0.25) is 5.78 Å². The van der Waals surface area contributed by atoms with E-state index in [1.54, 1.807) is 68.4 Å². The van der Waals surface area contributed by atoms with Gasteiger partial charge in [-0.05, 0) is 173 Å². The topological polar surface area (TPSA) is 257 Å². The van der Waals surface area contributed by atoms with Crippen LogP contribution in [0, 0.1) is 80.8 Å². The van der Waals surface area contributed by atoms with Gasteiger partial charge >= 0.3 is 11.9 Å². The van der Waals surface area contributed by atoms with Gasteiger partial charge in [-0.3, -0.25) is 28.8 Å². The Kier molecular flexibility index (Phi) is 34.4. The quantitative estimate of drug-likeness (QED) is 0.0630. The van der Waals surface area contributed by atoms with Crippen LogP contribution in [-0.4, -0.2) is 165 Å². The van der Waals surface area contributed by atoms with Gasteiger partial charge in [0.05, 0.1) is 35.0 Å². The van der Waals surface area contributed by atoms with E-state index in [2.05, 4.69) is 83.9 Å². The molecule has 15 nitrogen and oxygen atoms in total. The molecule has 24 heteroatoms. The Labute approximate surface area is 560 Å². The number of carboxylic acids is 1. The Balaban J connectivity index is 0.000000654. The van der Waals surface area contributed by atoms with Crippen molar-refractivity contribution in [2.24, 2.45) is 80.8 Å². The van der Waals surface area contributed by atoms with Crippen molar-refractivity contribution < 1.29 is 72.9 Å². The molecular formula is C64H102F2N2O13S7. The summed E-state index contributed by atoms with van der Waals surface area (Å²) < 4.78 is 39.5. The number of Topliss-reactive ketones (excluding diaryl/α,β-unsaturated/α-hetero) is 4. The highest BCUT2D eigenvalue weighted by molar-refractivity contribution is 7.79. The monoisotopic (exact) mass is 1370 g/mol. The van der Waals surface area contributed by atoms with Crippen LogP contribution in [-0.2, 0) is 33.5 Å². The van der Waals surface area contributed by atoms with Gasteiger partial charge in [0.15, 0.2) is 12.4 Å². The summed E-state index contributed by atoms with van der Waals surface area (Å²) in [5.41, 5.74) is -8.31. The molecule has 0 aromatic rings. The van der Waals surface area contributed by atoms with E-state index in [-0.39, 0.29) is 60.5 Å². The molecule has 0 bridgehead atoms. The molecule has 0 radical (unpaired) electrons. The van der Waals surface area contributed by atoms with Gasteiger partial charge in [-0.2, -0.15) is 0 Å². The number of fused-ring (bicyclic) bond motifs is 10. The largest absolute Gasteiger partial charge is 0.481 e. The molecule has 8 N–H and O–H groups in total. The Hall–Kier alpha value is -2.49. The van der Waals surface area contributed by atoms with Crippen molar-refractivity contribution in [3.05, 3.63) is 0 Å². The fourth-order valence-electron chi connectivity index (χ4n) is 17.1. The van der Waals surface area contributed by atoms with Gasteiger partial charge in [-0.15, -0.1) is 0 Å². The summed E-state index contributed by atoms with van der Waals surface area (Å²) in [4.78, 5) is 72.6. The van der Waals surface area contributed by atoms with Crippen LogP contribution in [0.4, 0.5) is 8.78 Å². The average Bonchev–Trinajstić information content (AvgIpc) is 1.42. The minimum Gasteiger partial charge on any atom is -0.481 e. The maximum absolute atomic E-state index is 17.3. The number of esters is 1. The summed E-state index contributed by atoms with van der Waals surface area (Å²) >= 11 is 30.5. The Morgan fingerprint density at radius 2 is 0.920 bits per heavy atom. The summed E-state index contributed by atoms with van der Waals surface area (Å²) in [7, 11) is 0. The van der Waals surface area contributed by atoms with E-state index in [0.717, 1.165) is 6.42 Å². The third kappa shape index (κ3) is 16.7. The third-order valence-electron chi connectivity index (χ3n) is 21.5. The lowest BCUT2D eigenvalue weighted by Gasteiger charge is -2.65. The van der Waals surface area contributed by atoms with E-state index in [1.807, 2.05) is 48.5 Å². The van der Waals surface area contributed by atoms with E-state index in [1.165, 1.54) is 11.0 Å². The number of halogens is 2. The van der Waals surface area contributed by atoms with Crippen LogP contribution in [0.3, 0.4) is 0 Å². The minimum absolute atomic E-state index is 0.00645. The molecule has 0 saturated heterocycles. The zero-order chi connectivity index (χ0) is 68.2. The number of carboxylic acid groups (broad SMARTS) is 1. The van der Waals surface area contributed by atoms with Crippen LogP contribution in [0.2, 0.25) is 0 Å². The molecule has 8 aliphatic carbocycles. The van der Waals surface area contributed by atoms with Crippen molar-refractivity contribution in [1.82, 2.24) is 10.6 Å². The van der Waals surface area contributed by atoms with Crippen LogP contribution in [0.25, 0.3) is 0 Å². The second-order valence-electron chi connectivity index (χ2n) is 25.9. The predicted molar refractivity (Wildman–Crippen MR) is 370 cm³/mol. The molecule has 0 aromatic heterocycles. The molecule has 88 heavy (non-hydrogen) atoms. The van der Waals surface area contributed by atoms with Crippen molar-refractivity contribution in [2.75, 3.05) is 26.3 Å². The number of thiocarbonyl (C=S) groups is 7. The van der Waals surface area contributed by atoms with Gasteiger partial charge in [0.1, 0.15) is 40.7 Å². The fourth-order valence-corrected chi connectivity index (χ4v) is 17.3. The number of alkyl halides is 2. The molecule has 8 fully saturated rings. The van der Waals surface area contributed by atoms with Crippen LogP contribution in [0.15, 0.2) is 0 Å². The first-order valence-corrected chi connectivity index (χ1v) is 33.9. The number of hydrogen-bond acceptors (Lipinski definition) is 19. The Morgan fingerprint density at radius 3 is 1.24 bits per heavy atom. The molecular weight excluding hydrogens is 1270 g/mol. The number of hydrogen-bond donors (Lipinski definition) is 8. The van der Waals surface area contributed by atoms with Gasteiger partial charge in [-0.1, -0.05) is 141 Å². The lowest BCUT2D eigenvalue weighted by atomic mass is 9.42. The number of ether oxygens (including phenoxy) is 1. The summed E-state index contributed by atoms with van der Waals surface area (Å²) in [6.07, 6.45) is 2.98. The predicted octanol–water partition coefficient (Wildman–Crippen LogP) is 10.4. The molecule has 20 atom stereocenters. The maximum Gasteiger partial charge on any atom is 0.310 e. The number of carbonyl (C=O) groups excluding carboxylic acids is 5. The van der Waals surface area contributed by atoms with Gasteiger partial charge in [0.25, 0.3) is 0 Å². The average molecular weight is 1370 g/mol. The van der Waals surface area contributed by atoms with Crippen molar-refractivity contribution in [1.29, 1.82) is 0 Å². The van der Waals surface area contributed by atoms with E-state index in [0.29, 0.717) is 77.2 Å². The fraction of sp³-hybridized carbons (Fsp3) is 0.797. The minimum atomic E-state index is -1.88. The van der Waals surface area contributed by atoms with E-state index in [9.17, 15) is 54.3 Å². The summed E-state index contributed by atoms with van der Waals surface area (Å²) in [5, 5.41) is 77.1. The molecule has 0 aromatic carbocycles. The molecule has 8 saturated carbocycles. The molecule has 0 heterocycles. The van der Waals surface area contributed by atoms with Gasteiger partial charge in [-0.25, -0.2) is 8.78 Å².